The maximum Gasteiger partial charge on any atom is 0.273 e. The Morgan fingerprint density at radius 2 is 1.53 bits per heavy atom. The number of aromatic nitrogens is 3. The van der Waals surface area contributed by atoms with E-state index in [1.54, 1.807) is 29.8 Å². The second-order valence-corrected chi connectivity index (χ2v) is 11.8. The van der Waals surface area contributed by atoms with Crippen molar-refractivity contribution in [1.82, 2.24) is 24.8 Å². The maximum atomic E-state index is 13.1. The Bertz CT molecular complexity index is 1040. The Balaban J connectivity index is 1.14. The summed E-state index contributed by atoms with van der Waals surface area (Å²) in [6.45, 7) is 13.1. The van der Waals surface area contributed by atoms with Crippen molar-refractivity contribution in [2.24, 2.45) is 16.7 Å². The summed E-state index contributed by atoms with van der Waals surface area (Å²) in [5.41, 5.74) is 0.695. The molecule has 0 bridgehead atoms. The van der Waals surface area contributed by atoms with Gasteiger partial charge in [-0.25, -0.2) is 15.0 Å². The van der Waals surface area contributed by atoms with Crippen molar-refractivity contribution >= 4 is 29.1 Å². The molecule has 1 saturated carbocycles. The van der Waals surface area contributed by atoms with E-state index in [1.807, 2.05) is 15.2 Å². The lowest BCUT2D eigenvalue weighted by molar-refractivity contribution is -0.134. The highest BCUT2D eigenvalue weighted by Gasteiger charge is 2.68. The van der Waals surface area contributed by atoms with Crippen LogP contribution in [-0.2, 0) is 4.79 Å². The second kappa shape index (κ2) is 8.59. The summed E-state index contributed by atoms with van der Waals surface area (Å²) in [5.74, 6) is 1.46. The number of amides is 2. The Kier molecular flexibility index (Phi) is 5.86. The van der Waals surface area contributed by atoms with Gasteiger partial charge in [0.05, 0.1) is 5.01 Å². The van der Waals surface area contributed by atoms with Gasteiger partial charge in [-0.1, -0.05) is 27.7 Å². The van der Waals surface area contributed by atoms with Gasteiger partial charge < -0.3 is 14.7 Å². The molecule has 0 atom stereocenters. The summed E-state index contributed by atoms with van der Waals surface area (Å²) in [6, 6.07) is 1.80. The minimum atomic E-state index is 0.00180. The molecule has 9 heteroatoms. The first-order valence-electron chi connectivity index (χ1n) is 12.3. The predicted molar refractivity (Wildman–Crippen MR) is 132 cm³/mol. The Labute approximate surface area is 205 Å². The first-order chi connectivity index (χ1) is 16.2. The zero-order valence-electron chi connectivity index (χ0n) is 20.5. The van der Waals surface area contributed by atoms with Crippen LogP contribution in [0.4, 0.5) is 5.95 Å². The van der Waals surface area contributed by atoms with Crippen molar-refractivity contribution in [3.8, 4) is 0 Å². The molecule has 4 heterocycles. The van der Waals surface area contributed by atoms with E-state index in [0.29, 0.717) is 49.6 Å². The number of rotatable bonds is 4. The number of carbonyl (C=O) groups excluding carboxylic acids is 2. The number of hydrogen-bond acceptors (Lipinski definition) is 7. The molecule has 0 aromatic carbocycles. The number of carbonyl (C=O) groups is 2. The normalized spacial score (nSPS) is 22.6. The predicted octanol–water partition coefficient (Wildman–Crippen LogP) is 3.28. The van der Waals surface area contributed by atoms with Gasteiger partial charge in [-0.2, -0.15) is 0 Å². The van der Waals surface area contributed by atoms with E-state index in [2.05, 4.69) is 42.6 Å². The molecule has 182 valence electrons. The Morgan fingerprint density at radius 1 is 0.912 bits per heavy atom. The molecule has 2 aliphatic heterocycles. The van der Waals surface area contributed by atoms with E-state index >= 15 is 0 Å². The quantitative estimate of drug-likeness (QED) is 0.665. The van der Waals surface area contributed by atoms with Crippen molar-refractivity contribution in [1.29, 1.82) is 0 Å². The molecular formula is C25H34N6O2S. The number of nitrogens with zero attached hydrogens (tertiary/aromatic N) is 6. The molecule has 2 saturated heterocycles. The molecule has 34 heavy (non-hydrogen) atoms. The third-order valence-electron chi connectivity index (χ3n) is 8.57. The highest BCUT2D eigenvalue weighted by Crippen LogP contribution is 2.68. The van der Waals surface area contributed by atoms with Gasteiger partial charge in [0.2, 0.25) is 11.9 Å². The van der Waals surface area contributed by atoms with Crippen LogP contribution in [0.1, 0.15) is 62.0 Å². The molecule has 5 rings (SSSR count). The van der Waals surface area contributed by atoms with E-state index < -0.39 is 0 Å². The van der Waals surface area contributed by atoms with Crippen LogP contribution in [0.25, 0.3) is 0 Å². The lowest BCUT2D eigenvalue weighted by Gasteiger charge is -2.34. The summed E-state index contributed by atoms with van der Waals surface area (Å²) < 4.78 is 0. The highest BCUT2D eigenvalue weighted by molar-refractivity contribution is 7.09. The second-order valence-electron chi connectivity index (χ2n) is 10.9. The number of likely N-dealkylation sites (tertiary alicyclic amines) is 1. The molecule has 3 aliphatic rings. The van der Waals surface area contributed by atoms with E-state index in [-0.39, 0.29) is 22.7 Å². The summed E-state index contributed by atoms with van der Waals surface area (Å²) in [6.07, 6.45) is 5.31. The van der Waals surface area contributed by atoms with Crippen LogP contribution in [0, 0.1) is 16.7 Å². The number of anilines is 1. The van der Waals surface area contributed by atoms with Crippen LogP contribution in [0.2, 0.25) is 0 Å². The van der Waals surface area contributed by atoms with Gasteiger partial charge in [0.25, 0.3) is 5.91 Å². The van der Waals surface area contributed by atoms with Gasteiger partial charge in [0.1, 0.15) is 5.69 Å². The number of piperidine rings is 1. The summed E-state index contributed by atoms with van der Waals surface area (Å²) in [7, 11) is 0. The average molecular weight is 483 g/mol. The molecular weight excluding hydrogens is 448 g/mol. The topological polar surface area (TPSA) is 82.5 Å². The standard InChI is InChI=1S/C25H34N6O2S/c1-24(2)19(25(24,3)4)22(33)29-10-6-17(7-11-29)20-28-18(16-34-20)21(32)30-12-14-31(15-13-30)23-26-8-5-9-27-23/h5,8-9,16-17,19H,6-7,10-15H2,1-4H3. The van der Waals surface area contributed by atoms with Crippen LogP contribution in [-0.4, -0.2) is 75.8 Å². The van der Waals surface area contributed by atoms with Gasteiger partial charge in [0.15, 0.2) is 0 Å². The van der Waals surface area contributed by atoms with Crippen LogP contribution in [0.15, 0.2) is 23.8 Å². The van der Waals surface area contributed by atoms with Gasteiger partial charge in [-0.05, 0) is 29.7 Å². The van der Waals surface area contributed by atoms with Crippen molar-refractivity contribution in [2.45, 2.75) is 46.5 Å². The van der Waals surface area contributed by atoms with Gasteiger partial charge in [-0.15, -0.1) is 11.3 Å². The van der Waals surface area contributed by atoms with Crippen LogP contribution < -0.4 is 4.90 Å². The van der Waals surface area contributed by atoms with Crippen molar-refractivity contribution in [2.75, 3.05) is 44.2 Å². The summed E-state index contributed by atoms with van der Waals surface area (Å²) in [4.78, 5) is 45.5. The monoisotopic (exact) mass is 482 g/mol. The minimum absolute atomic E-state index is 0.00180. The molecule has 2 aromatic heterocycles. The van der Waals surface area contributed by atoms with Crippen LogP contribution >= 0.6 is 11.3 Å². The first-order valence-corrected chi connectivity index (χ1v) is 13.1. The van der Waals surface area contributed by atoms with Crippen molar-refractivity contribution in [3.05, 3.63) is 34.5 Å². The summed E-state index contributed by atoms with van der Waals surface area (Å²) >= 11 is 1.58. The molecule has 1 aliphatic carbocycles. The number of hydrogen-bond donors (Lipinski definition) is 0. The van der Waals surface area contributed by atoms with E-state index in [9.17, 15) is 9.59 Å². The third kappa shape index (κ3) is 3.97. The van der Waals surface area contributed by atoms with Crippen LogP contribution in [0.3, 0.4) is 0 Å². The smallest absolute Gasteiger partial charge is 0.273 e. The molecule has 8 nitrogen and oxygen atoms in total. The third-order valence-corrected chi connectivity index (χ3v) is 9.57. The van der Waals surface area contributed by atoms with E-state index in [4.69, 9.17) is 4.98 Å². The fourth-order valence-electron chi connectivity index (χ4n) is 5.64. The Morgan fingerprint density at radius 3 is 2.12 bits per heavy atom. The largest absolute Gasteiger partial charge is 0.342 e. The summed E-state index contributed by atoms with van der Waals surface area (Å²) in [5, 5.41) is 2.93. The number of piperazine rings is 1. The van der Waals surface area contributed by atoms with Gasteiger partial charge in [-0.3, -0.25) is 9.59 Å². The van der Waals surface area contributed by atoms with E-state index in [0.717, 1.165) is 30.9 Å². The first kappa shape index (κ1) is 23.2. The zero-order chi connectivity index (χ0) is 24.1. The van der Waals surface area contributed by atoms with Crippen molar-refractivity contribution < 1.29 is 9.59 Å². The molecule has 0 radical (unpaired) electrons. The zero-order valence-corrected chi connectivity index (χ0v) is 21.3. The van der Waals surface area contributed by atoms with Crippen molar-refractivity contribution in [3.63, 3.8) is 0 Å². The van der Waals surface area contributed by atoms with E-state index in [1.165, 1.54) is 0 Å². The highest BCUT2D eigenvalue weighted by atomic mass is 32.1. The SMILES string of the molecule is CC1(C)C(C(=O)N2CCC(c3nc(C(=O)N4CCN(c5ncccn5)CC4)cs3)CC2)C1(C)C. The molecule has 0 N–H and O–H groups in total. The molecule has 0 spiro atoms. The molecule has 3 fully saturated rings. The van der Waals surface area contributed by atoms with Crippen LogP contribution in [0.5, 0.6) is 0 Å². The average Bonchev–Trinajstić information content (AvgIpc) is 3.17. The fraction of sp³-hybridized carbons (Fsp3) is 0.640. The minimum Gasteiger partial charge on any atom is -0.342 e. The Hall–Kier alpha value is -2.55. The number of thiazole rings is 1. The molecule has 2 amide bonds. The lowest BCUT2D eigenvalue weighted by Crippen LogP contribution is -2.49. The molecule has 2 aromatic rings. The fourth-order valence-corrected chi connectivity index (χ4v) is 6.61. The van der Waals surface area contributed by atoms with Gasteiger partial charge in [0, 0.05) is 68.9 Å². The lowest BCUT2D eigenvalue weighted by atomic mass is 9.96. The van der Waals surface area contributed by atoms with Gasteiger partial charge >= 0.3 is 0 Å². The molecule has 0 unspecified atom stereocenters. The maximum absolute atomic E-state index is 13.1.